The van der Waals surface area contributed by atoms with E-state index in [1.807, 2.05) is 12.1 Å². The summed E-state index contributed by atoms with van der Waals surface area (Å²) in [6.07, 6.45) is 0.125. The van der Waals surface area contributed by atoms with E-state index in [9.17, 15) is 19.1 Å². The lowest BCUT2D eigenvalue weighted by Crippen LogP contribution is -3.19. The first kappa shape index (κ1) is 18.7. The van der Waals surface area contributed by atoms with Gasteiger partial charge in [-0.25, -0.2) is 9.29 Å². The van der Waals surface area contributed by atoms with E-state index in [4.69, 9.17) is 11.6 Å². The van der Waals surface area contributed by atoms with Gasteiger partial charge in [0.1, 0.15) is 11.6 Å². The molecule has 2 N–H and O–H groups in total. The highest BCUT2D eigenvalue weighted by atomic mass is 35.5. The molecule has 2 amide bonds. The Kier molecular flexibility index (Phi) is 4.95. The quantitative estimate of drug-likeness (QED) is 0.755. The lowest BCUT2D eigenvalue weighted by atomic mass is 10.1. The molecule has 8 heteroatoms. The highest BCUT2D eigenvalue weighted by Crippen LogP contribution is 2.28. The first-order valence-corrected chi connectivity index (χ1v) is 9.53. The number of para-hydroxylation sites is 2. The third-order valence-electron chi connectivity index (χ3n) is 5.43. The van der Waals surface area contributed by atoms with E-state index in [0.29, 0.717) is 31.9 Å². The summed E-state index contributed by atoms with van der Waals surface area (Å²) >= 11 is 5.80. The van der Waals surface area contributed by atoms with Gasteiger partial charge in [-0.3, -0.25) is 9.59 Å². The Hall–Kier alpha value is -2.64. The number of carbonyl (C=O) groups excluding carboxylic acids is 2. The number of rotatable bonds is 3. The zero-order chi connectivity index (χ0) is 19.8. The molecular weight excluding hydrogens is 385 g/mol. The van der Waals surface area contributed by atoms with Gasteiger partial charge in [-0.05, 0) is 30.3 Å². The second-order valence-electron chi connectivity index (χ2n) is 7.06. The predicted octanol–water partition coefficient (Wildman–Crippen LogP) is 1.22. The maximum absolute atomic E-state index is 13.4. The van der Waals surface area contributed by atoms with Crippen molar-refractivity contribution in [2.24, 2.45) is 0 Å². The van der Waals surface area contributed by atoms with Crippen molar-refractivity contribution in [2.75, 3.05) is 36.0 Å². The van der Waals surface area contributed by atoms with Gasteiger partial charge in [-0.2, -0.15) is 0 Å². The van der Waals surface area contributed by atoms with E-state index in [-0.39, 0.29) is 29.0 Å². The van der Waals surface area contributed by atoms with Gasteiger partial charge < -0.3 is 14.9 Å². The smallest absolute Gasteiger partial charge is 0.292 e. The van der Waals surface area contributed by atoms with Crippen molar-refractivity contribution in [1.29, 1.82) is 0 Å². The Labute approximate surface area is 166 Å². The molecule has 28 heavy (non-hydrogen) atoms. The standard InChI is InChI=1S/C20H19ClFN3O3/c21-14-11-13(5-6-15(14)22)25-19(27)12-17(20(25)28)24-9-7-23(8-10-24)16-3-1-2-4-18(16)26/h1-6,11,17,26H,7-10,12H2/p+1/t17-/m0/s1. The number of nitrogens with one attached hydrogen (secondary N) is 1. The van der Waals surface area contributed by atoms with Gasteiger partial charge in [0.15, 0.2) is 6.04 Å². The molecule has 2 heterocycles. The highest BCUT2D eigenvalue weighted by Gasteiger charge is 2.46. The lowest BCUT2D eigenvalue weighted by molar-refractivity contribution is -0.915. The fraction of sp³-hybridized carbons (Fsp3) is 0.300. The van der Waals surface area contributed by atoms with E-state index in [0.717, 1.165) is 21.6 Å². The molecule has 2 saturated heterocycles. The average Bonchev–Trinajstić information content (AvgIpc) is 2.99. The number of halogens is 2. The Morgan fingerprint density at radius 2 is 1.82 bits per heavy atom. The van der Waals surface area contributed by atoms with Crippen molar-refractivity contribution in [1.82, 2.24) is 0 Å². The normalized spacial score (nSPS) is 20.9. The van der Waals surface area contributed by atoms with Crippen molar-refractivity contribution in [3.63, 3.8) is 0 Å². The van der Waals surface area contributed by atoms with Crippen molar-refractivity contribution >= 4 is 34.8 Å². The van der Waals surface area contributed by atoms with Crippen LogP contribution >= 0.6 is 11.6 Å². The summed E-state index contributed by atoms with van der Waals surface area (Å²) in [6, 6.07) is 10.6. The van der Waals surface area contributed by atoms with Crippen LogP contribution in [0.2, 0.25) is 5.02 Å². The number of hydrogen-bond acceptors (Lipinski definition) is 4. The van der Waals surface area contributed by atoms with Crippen LogP contribution in [0.4, 0.5) is 15.8 Å². The van der Waals surface area contributed by atoms with Gasteiger partial charge in [-0.15, -0.1) is 0 Å². The van der Waals surface area contributed by atoms with E-state index in [1.54, 1.807) is 12.1 Å². The summed E-state index contributed by atoms with van der Waals surface area (Å²) in [7, 11) is 0. The molecule has 1 atom stereocenters. The molecule has 0 aliphatic carbocycles. The second-order valence-corrected chi connectivity index (χ2v) is 7.46. The predicted molar refractivity (Wildman–Crippen MR) is 103 cm³/mol. The number of aromatic hydroxyl groups is 1. The van der Waals surface area contributed by atoms with Gasteiger partial charge in [0.25, 0.3) is 5.91 Å². The molecule has 0 unspecified atom stereocenters. The first-order valence-electron chi connectivity index (χ1n) is 9.15. The fourth-order valence-electron chi connectivity index (χ4n) is 3.96. The van der Waals surface area contributed by atoms with E-state index < -0.39 is 11.9 Å². The van der Waals surface area contributed by atoms with E-state index in [1.165, 1.54) is 12.1 Å². The minimum atomic E-state index is -0.591. The maximum atomic E-state index is 13.4. The number of phenolic OH excluding ortho intramolecular Hbond substituents is 1. The average molecular weight is 405 g/mol. The molecule has 2 aromatic rings. The van der Waals surface area contributed by atoms with Crippen LogP contribution in [0.5, 0.6) is 5.75 Å². The molecule has 146 valence electrons. The number of imide groups is 1. The number of piperazine rings is 1. The monoisotopic (exact) mass is 404 g/mol. The molecule has 2 aromatic carbocycles. The lowest BCUT2D eigenvalue weighted by Gasteiger charge is -2.35. The van der Waals surface area contributed by atoms with Crippen molar-refractivity contribution < 1.29 is 24.0 Å². The topological polar surface area (TPSA) is 65.3 Å². The molecule has 0 aromatic heterocycles. The summed E-state index contributed by atoms with van der Waals surface area (Å²) in [6.45, 7) is 2.70. The summed E-state index contributed by atoms with van der Waals surface area (Å²) in [5.74, 6) is -0.934. The Morgan fingerprint density at radius 3 is 2.50 bits per heavy atom. The highest BCUT2D eigenvalue weighted by molar-refractivity contribution is 6.31. The minimum Gasteiger partial charge on any atom is -0.506 e. The third kappa shape index (κ3) is 3.31. The third-order valence-corrected chi connectivity index (χ3v) is 5.72. The van der Waals surface area contributed by atoms with Crippen molar-refractivity contribution in [3.8, 4) is 5.75 Å². The van der Waals surface area contributed by atoms with Crippen LogP contribution in [0.3, 0.4) is 0 Å². The second kappa shape index (κ2) is 7.41. The van der Waals surface area contributed by atoms with E-state index in [2.05, 4.69) is 4.90 Å². The van der Waals surface area contributed by atoms with Gasteiger partial charge in [0, 0.05) is 0 Å². The number of hydrogen-bond donors (Lipinski definition) is 2. The van der Waals surface area contributed by atoms with Crippen molar-refractivity contribution in [2.45, 2.75) is 12.5 Å². The van der Waals surface area contributed by atoms with Gasteiger partial charge >= 0.3 is 0 Å². The van der Waals surface area contributed by atoms with Crippen LogP contribution in [0, 0.1) is 5.82 Å². The minimum absolute atomic E-state index is 0.120. The molecule has 2 aliphatic rings. The molecule has 0 saturated carbocycles. The molecule has 0 spiro atoms. The Balaban J connectivity index is 1.46. The van der Waals surface area contributed by atoms with Crippen molar-refractivity contribution in [3.05, 3.63) is 53.3 Å². The van der Waals surface area contributed by atoms with Crippen LogP contribution < -0.4 is 14.7 Å². The molecule has 6 nitrogen and oxygen atoms in total. The molecule has 2 aliphatic heterocycles. The zero-order valence-corrected chi connectivity index (χ0v) is 15.8. The number of quaternary nitrogens is 1. The molecular formula is C20H20ClFN3O3+. The first-order chi connectivity index (χ1) is 13.5. The summed E-state index contributed by atoms with van der Waals surface area (Å²) in [5, 5.41) is 9.91. The summed E-state index contributed by atoms with van der Waals surface area (Å²) in [5.41, 5.74) is 1.08. The van der Waals surface area contributed by atoms with Crippen LogP contribution in [0.1, 0.15) is 6.42 Å². The fourth-order valence-corrected chi connectivity index (χ4v) is 4.14. The maximum Gasteiger partial charge on any atom is 0.292 e. The molecule has 2 fully saturated rings. The summed E-state index contributed by atoms with van der Waals surface area (Å²) < 4.78 is 13.4. The largest absolute Gasteiger partial charge is 0.506 e. The molecule has 0 bridgehead atoms. The Morgan fingerprint density at radius 1 is 1.11 bits per heavy atom. The number of benzene rings is 2. The number of carbonyl (C=O) groups is 2. The Bertz CT molecular complexity index is 931. The zero-order valence-electron chi connectivity index (χ0n) is 15.1. The van der Waals surface area contributed by atoms with Crippen LogP contribution in [-0.2, 0) is 9.59 Å². The van der Waals surface area contributed by atoms with Gasteiger partial charge in [0.05, 0.1) is 49.0 Å². The van der Waals surface area contributed by atoms with Gasteiger partial charge in [0.2, 0.25) is 5.91 Å². The van der Waals surface area contributed by atoms with Crippen LogP contribution in [-0.4, -0.2) is 49.1 Å². The van der Waals surface area contributed by atoms with Crippen LogP contribution in [0.25, 0.3) is 0 Å². The number of anilines is 2. The number of nitrogens with zero attached hydrogens (tertiary/aromatic N) is 2. The van der Waals surface area contributed by atoms with Crippen LogP contribution in [0.15, 0.2) is 42.5 Å². The summed E-state index contributed by atoms with van der Waals surface area (Å²) in [4.78, 5) is 29.6. The number of amides is 2. The SMILES string of the molecule is O=C1C[C@H]([NH+]2CCN(c3ccccc3O)CC2)C(=O)N1c1ccc(F)c(Cl)c1. The number of phenols is 1. The molecule has 4 rings (SSSR count). The van der Waals surface area contributed by atoms with E-state index >= 15 is 0 Å². The molecule has 0 radical (unpaired) electrons. The van der Waals surface area contributed by atoms with Gasteiger partial charge in [-0.1, -0.05) is 23.7 Å².